The molecule has 0 spiro atoms. The van der Waals surface area contributed by atoms with Crippen molar-refractivity contribution in [1.82, 2.24) is 5.32 Å². The van der Waals surface area contributed by atoms with Crippen molar-refractivity contribution in [3.05, 3.63) is 29.8 Å². The normalized spacial score (nSPS) is 16.9. The van der Waals surface area contributed by atoms with E-state index < -0.39 is 17.4 Å². The largest absolute Gasteiger partial charge is 0.496 e. The molecule has 1 aromatic carbocycles. The quantitative estimate of drug-likeness (QED) is 0.826. The molecule has 1 fully saturated rings. The van der Waals surface area contributed by atoms with Crippen LogP contribution in [0.15, 0.2) is 24.3 Å². The highest BCUT2D eigenvalue weighted by Crippen LogP contribution is 2.51. The van der Waals surface area contributed by atoms with Crippen LogP contribution in [0.3, 0.4) is 0 Å². The van der Waals surface area contributed by atoms with E-state index in [-0.39, 0.29) is 5.91 Å². The van der Waals surface area contributed by atoms with Gasteiger partial charge in [0.1, 0.15) is 11.8 Å². The predicted octanol–water partition coefficient (Wildman–Crippen LogP) is 1.40. The van der Waals surface area contributed by atoms with Gasteiger partial charge in [-0.25, -0.2) is 4.79 Å². The summed E-state index contributed by atoms with van der Waals surface area (Å²) in [5.41, 5.74) is 0.298. The summed E-state index contributed by atoms with van der Waals surface area (Å²) < 4.78 is 9.94. The molecule has 108 valence electrons. The van der Waals surface area contributed by atoms with E-state index in [9.17, 15) is 9.59 Å². The van der Waals surface area contributed by atoms with E-state index in [1.54, 1.807) is 14.0 Å². The van der Waals surface area contributed by atoms with Crippen LogP contribution in [0.5, 0.6) is 5.75 Å². The standard InChI is InChI=1S/C15H19NO4/c1-10(13(17)20-3)16-14(18)15(8-9-15)11-6-4-5-7-12(11)19-2/h4-7,10H,8-9H2,1-3H3,(H,16,18). The Balaban J connectivity index is 2.19. The summed E-state index contributed by atoms with van der Waals surface area (Å²) in [7, 11) is 2.89. The van der Waals surface area contributed by atoms with Crippen LogP contribution in [0.4, 0.5) is 0 Å². The first-order valence-electron chi connectivity index (χ1n) is 6.57. The topological polar surface area (TPSA) is 64.6 Å². The monoisotopic (exact) mass is 277 g/mol. The van der Waals surface area contributed by atoms with Gasteiger partial charge in [-0.2, -0.15) is 0 Å². The Morgan fingerprint density at radius 2 is 1.90 bits per heavy atom. The Kier molecular flexibility index (Phi) is 3.97. The van der Waals surface area contributed by atoms with Crippen molar-refractivity contribution in [2.24, 2.45) is 0 Å². The third-order valence-corrected chi connectivity index (χ3v) is 3.71. The highest BCUT2D eigenvalue weighted by atomic mass is 16.5. The summed E-state index contributed by atoms with van der Waals surface area (Å²) in [5.74, 6) is 0.0972. The predicted molar refractivity (Wildman–Crippen MR) is 73.5 cm³/mol. The van der Waals surface area contributed by atoms with E-state index in [0.29, 0.717) is 5.75 Å². The van der Waals surface area contributed by atoms with Crippen LogP contribution in [0.25, 0.3) is 0 Å². The number of para-hydroxylation sites is 1. The Labute approximate surface area is 118 Å². The highest BCUT2D eigenvalue weighted by molar-refractivity contribution is 5.94. The van der Waals surface area contributed by atoms with Gasteiger partial charge in [0.2, 0.25) is 5.91 Å². The molecule has 1 saturated carbocycles. The maximum atomic E-state index is 12.5. The number of esters is 1. The molecule has 0 aliphatic heterocycles. The molecule has 0 heterocycles. The number of carbonyl (C=O) groups excluding carboxylic acids is 2. The summed E-state index contributed by atoms with van der Waals surface area (Å²) in [5, 5.41) is 2.71. The van der Waals surface area contributed by atoms with Crippen LogP contribution in [0.1, 0.15) is 25.3 Å². The average molecular weight is 277 g/mol. The maximum Gasteiger partial charge on any atom is 0.328 e. The summed E-state index contributed by atoms with van der Waals surface area (Å²) in [6.07, 6.45) is 1.51. The first-order chi connectivity index (χ1) is 9.55. The van der Waals surface area contributed by atoms with Crippen LogP contribution in [-0.2, 0) is 19.7 Å². The van der Waals surface area contributed by atoms with Gasteiger partial charge in [-0.15, -0.1) is 0 Å². The number of ether oxygens (including phenoxy) is 2. The number of hydrogen-bond donors (Lipinski definition) is 1. The second-order valence-electron chi connectivity index (χ2n) is 5.00. The molecule has 1 atom stereocenters. The van der Waals surface area contributed by atoms with Gasteiger partial charge in [-0.05, 0) is 25.8 Å². The van der Waals surface area contributed by atoms with E-state index in [1.165, 1.54) is 7.11 Å². The molecular formula is C15H19NO4. The molecule has 0 bridgehead atoms. The number of benzene rings is 1. The number of nitrogens with one attached hydrogen (secondary N) is 1. The molecule has 2 rings (SSSR count). The third kappa shape index (κ3) is 2.48. The molecule has 1 amide bonds. The second-order valence-corrected chi connectivity index (χ2v) is 5.00. The van der Waals surface area contributed by atoms with Crippen molar-refractivity contribution in [1.29, 1.82) is 0 Å². The average Bonchev–Trinajstić information content (AvgIpc) is 3.27. The van der Waals surface area contributed by atoms with Crippen molar-refractivity contribution < 1.29 is 19.1 Å². The van der Waals surface area contributed by atoms with E-state index >= 15 is 0 Å². The molecule has 1 N–H and O–H groups in total. The molecule has 0 saturated heterocycles. The van der Waals surface area contributed by atoms with Gasteiger partial charge in [0.15, 0.2) is 0 Å². The Morgan fingerprint density at radius 3 is 2.45 bits per heavy atom. The van der Waals surface area contributed by atoms with E-state index in [4.69, 9.17) is 4.74 Å². The van der Waals surface area contributed by atoms with E-state index in [2.05, 4.69) is 10.1 Å². The first kappa shape index (κ1) is 14.4. The lowest BCUT2D eigenvalue weighted by atomic mass is 9.93. The number of amides is 1. The Hall–Kier alpha value is -2.04. The van der Waals surface area contributed by atoms with Crippen LogP contribution < -0.4 is 10.1 Å². The van der Waals surface area contributed by atoms with Crippen LogP contribution in [0.2, 0.25) is 0 Å². The minimum atomic E-state index is -0.653. The molecule has 1 unspecified atom stereocenters. The molecule has 1 aliphatic rings. The molecule has 0 aromatic heterocycles. The minimum Gasteiger partial charge on any atom is -0.496 e. The lowest BCUT2D eigenvalue weighted by Gasteiger charge is -2.20. The fourth-order valence-electron chi connectivity index (χ4n) is 2.35. The lowest BCUT2D eigenvalue weighted by molar-refractivity contribution is -0.144. The third-order valence-electron chi connectivity index (χ3n) is 3.71. The minimum absolute atomic E-state index is 0.153. The van der Waals surface area contributed by atoms with Gasteiger partial charge in [-0.3, -0.25) is 4.79 Å². The fourth-order valence-corrected chi connectivity index (χ4v) is 2.35. The number of hydrogen-bond acceptors (Lipinski definition) is 4. The summed E-state index contributed by atoms with van der Waals surface area (Å²) in [6, 6.07) is 6.84. The second kappa shape index (κ2) is 5.53. The molecule has 1 aromatic rings. The molecule has 5 nitrogen and oxygen atoms in total. The highest BCUT2D eigenvalue weighted by Gasteiger charge is 2.53. The summed E-state index contributed by atoms with van der Waals surface area (Å²) in [6.45, 7) is 1.61. The number of carbonyl (C=O) groups is 2. The molecule has 0 radical (unpaired) electrons. The van der Waals surface area contributed by atoms with E-state index in [0.717, 1.165) is 18.4 Å². The SMILES string of the molecule is COC(=O)C(C)NC(=O)C1(c2ccccc2OC)CC1. The maximum absolute atomic E-state index is 12.5. The van der Waals surface area contributed by atoms with Crippen molar-refractivity contribution in [2.45, 2.75) is 31.2 Å². The van der Waals surface area contributed by atoms with Gasteiger partial charge >= 0.3 is 5.97 Å². The first-order valence-corrected chi connectivity index (χ1v) is 6.57. The zero-order valence-electron chi connectivity index (χ0n) is 11.9. The lowest BCUT2D eigenvalue weighted by Crippen LogP contribution is -2.44. The summed E-state index contributed by atoms with van der Waals surface area (Å²) >= 11 is 0. The number of methoxy groups -OCH3 is 2. The van der Waals surface area contributed by atoms with Crippen LogP contribution in [0, 0.1) is 0 Å². The van der Waals surface area contributed by atoms with Crippen LogP contribution >= 0.6 is 0 Å². The van der Waals surface area contributed by atoms with Gasteiger partial charge in [0.05, 0.1) is 19.6 Å². The van der Waals surface area contributed by atoms with Crippen molar-refractivity contribution in [3.8, 4) is 5.75 Å². The van der Waals surface area contributed by atoms with E-state index in [1.807, 2.05) is 24.3 Å². The fraction of sp³-hybridized carbons (Fsp3) is 0.467. The molecule has 5 heteroatoms. The van der Waals surface area contributed by atoms with Gasteiger partial charge in [-0.1, -0.05) is 18.2 Å². The van der Waals surface area contributed by atoms with Gasteiger partial charge in [0, 0.05) is 5.56 Å². The van der Waals surface area contributed by atoms with Crippen molar-refractivity contribution in [3.63, 3.8) is 0 Å². The molecule has 20 heavy (non-hydrogen) atoms. The molecule has 1 aliphatic carbocycles. The zero-order valence-corrected chi connectivity index (χ0v) is 11.9. The van der Waals surface area contributed by atoms with Gasteiger partial charge < -0.3 is 14.8 Å². The Morgan fingerprint density at radius 1 is 1.25 bits per heavy atom. The Bertz CT molecular complexity index is 522. The smallest absolute Gasteiger partial charge is 0.328 e. The van der Waals surface area contributed by atoms with Crippen molar-refractivity contribution >= 4 is 11.9 Å². The zero-order chi connectivity index (χ0) is 14.8. The summed E-state index contributed by atoms with van der Waals surface area (Å²) in [4.78, 5) is 23.8. The molecular weight excluding hydrogens is 258 g/mol. The van der Waals surface area contributed by atoms with Gasteiger partial charge in [0.25, 0.3) is 0 Å². The van der Waals surface area contributed by atoms with Crippen molar-refractivity contribution in [2.75, 3.05) is 14.2 Å². The van der Waals surface area contributed by atoms with Crippen LogP contribution in [-0.4, -0.2) is 32.1 Å². The number of rotatable bonds is 5.